The van der Waals surface area contributed by atoms with Gasteiger partial charge in [-0.15, -0.1) is 0 Å². The fourth-order valence-electron chi connectivity index (χ4n) is 1.26. The SMILES string of the molecule is COCC(N)c1cc(F)ccc1OC. The van der Waals surface area contributed by atoms with Crippen LogP contribution in [0, 0.1) is 5.82 Å². The van der Waals surface area contributed by atoms with Gasteiger partial charge in [0.15, 0.2) is 0 Å². The van der Waals surface area contributed by atoms with Crippen LogP contribution in [-0.4, -0.2) is 20.8 Å². The molecule has 14 heavy (non-hydrogen) atoms. The molecule has 0 saturated heterocycles. The number of rotatable bonds is 4. The highest BCUT2D eigenvalue weighted by molar-refractivity contribution is 5.36. The number of ether oxygens (including phenoxy) is 2. The summed E-state index contributed by atoms with van der Waals surface area (Å²) in [6, 6.07) is 3.88. The van der Waals surface area contributed by atoms with E-state index in [2.05, 4.69) is 0 Å². The van der Waals surface area contributed by atoms with Crippen LogP contribution < -0.4 is 10.5 Å². The van der Waals surface area contributed by atoms with Crippen LogP contribution in [-0.2, 0) is 4.74 Å². The summed E-state index contributed by atoms with van der Waals surface area (Å²) in [6.07, 6.45) is 0. The van der Waals surface area contributed by atoms with Crippen LogP contribution in [0.25, 0.3) is 0 Å². The summed E-state index contributed by atoms with van der Waals surface area (Å²) in [5, 5.41) is 0. The van der Waals surface area contributed by atoms with E-state index in [0.717, 1.165) is 0 Å². The topological polar surface area (TPSA) is 44.5 Å². The van der Waals surface area contributed by atoms with E-state index < -0.39 is 0 Å². The zero-order chi connectivity index (χ0) is 10.6. The molecule has 0 aliphatic heterocycles. The molecule has 78 valence electrons. The van der Waals surface area contributed by atoms with E-state index in [0.29, 0.717) is 17.9 Å². The van der Waals surface area contributed by atoms with E-state index in [1.165, 1.54) is 19.2 Å². The van der Waals surface area contributed by atoms with Gasteiger partial charge in [0.2, 0.25) is 0 Å². The van der Waals surface area contributed by atoms with E-state index in [-0.39, 0.29) is 11.9 Å². The van der Waals surface area contributed by atoms with Gasteiger partial charge in [0.1, 0.15) is 11.6 Å². The minimum atomic E-state index is -0.370. The Morgan fingerprint density at radius 1 is 1.43 bits per heavy atom. The third kappa shape index (κ3) is 2.43. The molecule has 0 saturated carbocycles. The van der Waals surface area contributed by atoms with Gasteiger partial charge in [-0.25, -0.2) is 4.39 Å². The molecule has 1 atom stereocenters. The third-order valence-corrected chi connectivity index (χ3v) is 1.94. The van der Waals surface area contributed by atoms with Crippen molar-refractivity contribution in [2.24, 2.45) is 5.73 Å². The van der Waals surface area contributed by atoms with Crippen molar-refractivity contribution in [2.75, 3.05) is 20.8 Å². The molecule has 0 aliphatic rings. The first kappa shape index (κ1) is 10.9. The molecule has 1 aromatic carbocycles. The van der Waals surface area contributed by atoms with Crippen LogP contribution in [0.4, 0.5) is 4.39 Å². The lowest BCUT2D eigenvalue weighted by Gasteiger charge is -2.14. The Morgan fingerprint density at radius 2 is 2.14 bits per heavy atom. The smallest absolute Gasteiger partial charge is 0.123 e. The van der Waals surface area contributed by atoms with Gasteiger partial charge in [-0.1, -0.05) is 0 Å². The maximum absolute atomic E-state index is 12.9. The van der Waals surface area contributed by atoms with Crippen molar-refractivity contribution < 1.29 is 13.9 Å². The van der Waals surface area contributed by atoms with Gasteiger partial charge in [0, 0.05) is 12.7 Å². The molecule has 0 heterocycles. The van der Waals surface area contributed by atoms with Crippen molar-refractivity contribution in [3.63, 3.8) is 0 Å². The van der Waals surface area contributed by atoms with Crippen LogP contribution in [0.15, 0.2) is 18.2 Å². The van der Waals surface area contributed by atoms with E-state index in [1.807, 2.05) is 0 Å². The minimum absolute atomic E-state index is 0.327. The van der Waals surface area contributed by atoms with Crippen molar-refractivity contribution >= 4 is 0 Å². The van der Waals surface area contributed by atoms with Crippen LogP contribution >= 0.6 is 0 Å². The zero-order valence-electron chi connectivity index (χ0n) is 8.29. The zero-order valence-corrected chi connectivity index (χ0v) is 8.29. The molecule has 1 aromatic rings. The van der Waals surface area contributed by atoms with Gasteiger partial charge in [0.25, 0.3) is 0 Å². The number of hydrogen-bond donors (Lipinski definition) is 1. The molecule has 1 rings (SSSR count). The lowest BCUT2D eigenvalue weighted by Crippen LogP contribution is -2.17. The standard InChI is InChI=1S/C10H14FNO2/c1-13-6-9(12)8-5-7(11)3-4-10(8)14-2/h3-5,9H,6,12H2,1-2H3. The number of benzene rings is 1. The fraction of sp³-hybridized carbons (Fsp3) is 0.400. The second kappa shape index (κ2) is 4.93. The number of hydrogen-bond acceptors (Lipinski definition) is 3. The molecule has 4 heteroatoms. The van der Waals surface area contributed by atoms with Crippen molar-refractivity contribution in [3.8, 4) is 5.75 Å². The molecule has 0 radical (unpaired) electrons. The van der Waals surface area contributed by atoms with E-state index in [4.69, 9.17) is 15.2 Å². The summed E-state index contributed by atoms with van der Waals surface area (Å²) in [5.74, 6) is 0.253. The second-order valence-electron chi connectivity index (χ2n) is 2.95. The highest BCUT2D eigenvalue weighted by Crippen LogP contribution is 2.24. The lowest BCUT2D eigenvalue weighted by atomic mass is 10.1. The van der Waals surface area contributed by atoms with Gasteiger partial charge < -0.3 is 15.2 Å². The molecular weight excluding hydrogens is 185 g/mol. The summed E-state index contributed by atoms with van der Waals surface area (Å²) in [6.45, 7) is 0.333. The van der Waals surface area contributed by atoms with Crippen LogP contribution in [0.3, 0.4) is 0 Å². The maximum atomic E-state index is 12.9. The monoisotopic (exact) mass is 199 g/mol. The summed E-state index contributed by atoms with van der Waals surface area (Å²) < 4.78 is 22.9. The maximum Gasteiger partial charge on any atom is 0.123 e. The van der Waals surface area contributed by atoms with Crippen molar-refractivity contribution in [1.29, 1.82) is 0 Å². The second-order valence-corrected chi connectivity index (χ2v) is 2.95. The predicted molar refractivity (Wildman–Crippen MR) is 51.8 cm³/mol. The van der Waals surface area contributed by atoms with Crippen molar-refractivity contribution in [1.82, 2.24) is 0 Å². The molecule has 0 bridgehead atoms. The molecule has 0 aliphatic carbocycles. The Hall–Kier alpha value is -1.13. The first-order chi connectivity index (χ1) is 6.69. The minimum Gasteiger partial charge on any atom is -0.496 e. The molecule has 3 nitrogen and oxygen atoms in total. The van der Waals surface area contributed by atoms with Crippen LogP contribution in [0.1, 0.15) is 11.6 Å². The first-order valence-electron chi connectivity index (χ1n) is 4.27. The molecule has 0 amide bonds. The Morgan fingerprint density at radius 3 is 2.71 bits per heavy atom. The molecule has 0 fully saturated rings. The average molecular weight is 199 g/mol. The highest BCUT2D eigenvalue weighted by Gasteiger charge is 2.12. The normalized spacial score (nSPS) is 12.6. The van der Waals surface area contributed by atoms with Gasteiger partial charge in [-0.2, -0.15) is 0 Å². The Labute approximate surface area is 82.6 Å². The van der Waals surface area contributed by atoms with E-state index in [1.54, 1.807) is 13.2 Å². The van der Waals surface area contributed by atoms with E-state index >= 15 is 0 Å². The van der Waals surface area contributed by atoms with Crippen LogP contribution in [0.5, 0.6) is 5.75 Å². The predicted octanol–water partition coefficient (Wildman–Crippen LogP) is 1.48. The molecular formula is C10H14FNO2. The average Bonchev–Trinajstić information content (AvgIpc) is 2.18. The van der Waals surface area contributed by atoms with Crippen molar-refractivity contribution in [3.05, 3.63) is 29.6 Å². The van der Waals surface area contributed by atoms with Gasteiger partial charge in [0.05, 0.1) is 19.8 Å². The molecule has 0 aromatic heterocycles. The van der Waals surface area contributed by atoms with Crippen molar-refractivity contribution in [2.45, 2.75) is 6.04 Å². The molecule has 2 N–H and O–H groups in total. The quantitative estimate of drug-likeness (QED) is 0.798. The summed E-state index contributed by atoms with van der Waals surface area (Å²) in [5.41, 5.74) is 6.40. The Bertz CT molecular complexity index is 304. The first-order valence-corrected chi connectivity index (χ1v) is 4.27. The fourth-order valence-corrected chi connectivity index (χ4v) is 1.26. The number of methoxy groups -OCH3 is 2. The lowest BCUT2D eigenvalue weighted by molar-refractivity contribution is 0.179. The van der Waals surface area contributed by atoms with Gasteiger partial charge in [-0.05, 0) is 18.2 Å². The summed E-state index contributed by atoms with van der Waals surface area (Å²) >= 11 is 0. The Kier molecular flexibility index (Phi) is 3.85. The third-order valence-electron chi connectivity index (χ3n) is 1.94. The van der Waals surface area contributed by atoms with E-state index in [9.17, 15) is 4.39 Å². The molecule has 0 spiro atoms. The molecule has 1 unspecified atom stereocenters. The Balaban J connectivity index is 2.97. The van der Waals surface area contributed by atoms with Gasteiger partial charge in [-0.3, -0.25) is 0 Å². The van der Waals surface area contributed by atoms with Crippen LogP contribution in [0.2, 0.25) is 0 Å². The number of nitrogens with two attached hydrogens (primary N) is 1. The largest absolute Gasteiger partial charge is 0.496 e. The summed E-state index contributed by atoms with van der Waals surface area (Å²) in [4.78, 5) is 0. The number of halogens is 1. The van der Waals surface area contributed by atoms with Gasteiger partial charge >= 0.3 is 0 Å². The highest BCUT2D eigenvalue weighted by atomic mass is 19.1. The summed E-state index contributed by atoms with van der Waals surface area (Å²) in [7, 11) is 3.07.